The first-order valence-corrected chi connectivity index (χ1v) is 7.11. The van der Waals surface area contributed by atoms with E-state index in [1.807, 2.05) is 18.2 Å². The average Bonchev–Trinajstić information content (AvgIpc) is 2.58. The van der Waals surface area contributed by atoms with Crippen LogP contribution in [0.15, 0.2) is 54.7 Å². The zero-order chi connectivity index (χ0) is 16.1. The Labute approximate surface area is 137 Å². The molecule has 0 amide bonds. The molecular weight excluding hydrogens is 312 g/mol. The fourth-order valence-corrected chi connectivity index (χ4v) is 2.03. The van der Waals surface area contributed by atoms with Crippen molar-refractivity contribution in [2.75, 3.05) is 10.6 Å². The molecule has 0 aliphatic carbocycles. The highest BCUT2D eigenvalue weighted by Gasteiger charge is 2.05. The van der Waals surface area contributed by atoms with Gasteiger partial charge in [0.2, 0.25) is 5.95 Å². The Kier molecular flexibility index (Phi) is 4.32. The molecule has 7 heteroatoms. The molecule has 0 spiro atoms. The van der Waals surface area contributed by atoms with Gasteiger partial charge in [0.1, 0.15) is 6.07 Å². The first-order chi connectivity index (χ1) is 11.2. The molecule has 2 N–H and O–H groups in total. The van der Waals surface area contributed by atoms with Crippen molar-refractivity contribution in [1.29, 1.82) is 5.26 Å². The van der Waals surface area contributed by atoms with Crippen LogP contribution in [-0.2, 0) is 0 Å². The molecule has 0 unspecified atom stereocenters. The van der Waals surface area contributed by atoms with Gasteiger partial charge in [-0.25, -0.2) is 0 Å². The molecule has 2 aromatic carbocycles. The van der Waals surface area contributed by atoms with Crippen molar-refractivity contribution in [3.63, 3.8) is 0 Å². The van der Waals surface area contributed by atoms with Crippen LogP contribution in [0.4, 0.5) is 23.1 Å². The van der Waals surface area contributed by atoms with Crippen molar-refractivity contribution in [3.8, 4) is 6.07 Å². The number of para-hydroxylation sites is 1. The summed E-state index contributed by atoms with van der Waals surface area (Å²) >= 11 is 5.86. The number of rotatable bonds is 4. The number of nitrogens with one attached hydrogen (secondary N) is 2. The van der Waals surface area contributed by atoms with E-state index < -0.39 is 0 Å². The van der Waals surface area contributed by atoms with Crippen molar-refractivity contribution in [1.82, 2.24) is 15.2 Å². The Hall–Kier alpha value is -3.17. The Balaban J connectivity index is 1.80. The zero-order valence-electron chi connectivity index (χ0n) is 11.9. The molecule has 0 fully saturated rings. The topological polar surface area (TPSA) is 86.5 Å². The zero-order valence-corrected chi connectivity index (χ0v) is 12.6. The summed E-state index contributed by atoms with van der Waals surface area (Å²) in [7, 11) is 0. The Bertz CT molecular complexity index is 857. The fourth-order valence-electron chi connectivity index (χ4n) is 1.91. The molecule has 112 valence electrons. The maximum absolute atomic E-state index is 9.10. The highest BCUT2D eigenvalue weighted by molar-refractivity contribution is 6.30. The van der Waals surface area contributed by atoms with Crippen LogP contribution in [0.1, 0.15) is 5.56 Å². The number of nitrogens with zero attached hydrogens (tertiary/aromatic N) is 4. The minimum absolute atomic E-state index is 0.298. The largest absolute Gasteiger partial charge is 0.339 e. The van der Waals surface area contributed by atoms with Gasteiger partial charge < -0.3 is 10.6 Å². The molecule has 0 radical (unpaired) electrons. The SMILES string of the molecule is N#Cc1ccccc1Nc1nncc(Nc2ccc(Cl)cc2)n1. The summed E-state index contributed by atoms with van der Waals surface area (Å²) in [5, 5.41) is 23.7. The summed E-state index contributed by atoms with van der Waals surface area (Å²) < 4.78 is 0. The maximum Gasteiger partial charge on any atom is 0.249 e. The lowest BCUT2D eigenvalue weighted by atomic mass is 10.2. The molecule has 23 heavy (non-hydrogen) atoms. The highest BCUT2D eigenvalue weighted by Crippen LogP contribution is 2.20. The van der Waals surface area contributed by atoms with E-state index in [0.717, 1.165) is 5.69 Å². The van der Waals surface area contributed by atoms with E-state index in [1.54, 1.807) is 30.3 Å². The van der Waals surface area contributed by atoms with Gasteiger partial charge in [0.25, 0.3) is 0 Å². The first-order valence-electron chi connectivity index (χ1n) is 6.73. The van der Waals surface area contributed by atoms with E-state index in [4.69, 9.17) is 16.9 Å². The van der Waals surface area contributed by atoms with Crippen molar-refractivity contribution >= 4 is 34.7 Å². The lowest BCUT2D eigenvalue weighted by Gasteiger charge is -2.08. The van der Waals surface area contributed by atoms with Crippen molar-refractivity contribution < 1.29 is 0 Å². The first kappa shape index (κ1) is 14.8. The second-order valence-electron chi connectivity index (χ2n) is 4.58. The molecule has 3 aromatic rings. The molecule has 0 saturated heterocycles. The normalized spacial score (nSPS) is 9.91. The highest BCUT2D eigenvalue weighted by atomic mass is 35.5. The van der Waals surface area contributed by atoms with Crippen LogP contribution in [0.2, 0.25) is 5.02 Å². The number of benzene rings is 2. The van der Waals surface area contributed by atoms with Crippen molar-refractivity contribution in [3.05, 3.63) is 65.3 Å². The molecule has 0 bridgehead atoms. The number of hydrogen-bond acceptors (Lipinski definition) is 6. The Morgan fingerprint density at radius 1 is 1.00 bits per heavy atom. The van der Waals surface area contributed by atoms with E-state index in [-0.39, 0.29) is 0 Å². The van der Waals surface area contributed by atoms with Crippen LogP contribution < -0.4 is 10.6 Å². The van der Waals surface area contributed by atoms with Gasteiger partial charge in [0, 0.05) is 10.7 Å². The standard InChI is InChI=1S/C16H11ClN6/c17-12-5-7-13(8-6-12)20-15-10-19-23-16(22-15)21-14-4-2-1-3-11(14)9-18/h1-8,10H,(H2,20,21,22,23). The third-order valence-electron chi connectivity index (χ3n) is 2.97. The quantitative estimate of drug-likeness (QED) is 0.758. The fraction of sp³-hybridized carbons (Fsp3) is 0. The van der Waals surface area contributed by atoms with E-state index in [0.29, 0.717) is 28.0 Å². The third kappa shape index (κ3) is 3.73. The van der Waals surface area contributed by atoms with Crippen LogP contribution in [0.25, 0.3) is 0 Å². The average molecular weight is 323 g/mol. The number of aromatic nitrogens is 3. The van der Waals surface area contributed by atoms with Crippen LogP contribution in [0.3, 0.4) is 0 Å². The Morgan fingerprint density at radius 2 is 1.78 bits per heavy atom. The van der Waals surface area contributed by atoms with Gasteiger partial charge in [0.05, 0.1) is 17.4 Å². The van der Waals surface area contributed by atoms with Crippen molar-refractivity contribution in [2.45, 2.75) is 0 Å². The molecule has 0 atom stereocenters. The van der Waals surface area contributed by atoms with Gasteiger partial charge in [0.15, 0.2) is 5.82 Å². The predicted octanol–water partition coefficient (Wildman–Crippen LogP) is 3.88. The van der Waals surface area contributed by atoms with Crippen LogP contribution in [0, 0.1) is 11.3 Å². The van der Waals surface area contributed by atoms with Gasteiger partial charge in [-0.3, -0.25) is 0 Å². The number of nitriles is 1. The minimum Gasteiger partial charge on any atom is -0.339 e. The summed E-state index contributed by atoms with van der Waals surface area (Å²) in [6.07, 6.45) is 1.51. The minimum atomic E-state index is 0.298. The van der Waals surface area contributed by atoms with E-state index >= 15 is 0 Å². The summed E-state index contributed by atoms with van der Waals surface area (Å²) in [5.41, 5.74) is 1.96. The van der Waals surface area contributed by atoms with Crippen LogP contribution in [-0.4, -0.2) is 15.2 Å². The van der Waals surface area contributed by atoms with Crippen LogP contribution in [0.5, 0.6) is 0 Å². The number of halogens is 1. The third-order valence-corrected chi connectivity index (χ3v) is 3.22. The number of anilines is 4. The lowest BCUT2D eigenvalue weighted by Crippen LogP contribution is -2.03. The molecule has 1 heterocycles. The van der Waals surface area contributed by atoms with Gasteiger partial charge in [-0.15, -0.1) is 5.10 Å². The molecule has 0 aliphatic rings. The maximum atomic E-state index is 9.10. The summed E-state index contributed by atoms with van der Waals surface area (Å²) in [5.74, 6) is 0.825. The monoisotopic (exact) mass is 322 g/mol. The lowest BCUT2D eigenvalue weighted by molar-refractivity contribution is 0.982. The van der Waals surface area contributed by atoms with Gasteiger partial charge in [-0.2, -0.15) is 15.3 Å². The second kappa shape index (κ2) is 6.73. The summed E-state index contributed by atoms with van der Waals surface area (Å²) in [4.78, 5) is 4.32. The van der Waals surface area contributed by atoms with Crippen molar-refractivity contribution in [2.24, 2.45) is 0 Å². The van der Waals surface area contributed by atoms with E-state index in [9.17, 15) is 0 Å². The molecule has 0 saturated carbocycles. The van der Waals surface area contributed by atoms with Gasteiger partial charge in [-0.05, 0) is 36.4 Å². The smallest absolute Gasteiger partial charge is 0.249 e. The summed E-state index contributed by atoms with van der Waals surface area (Å²) in [6, 6.07) is 16.4. The summed E-state index contributed by atoms with van der Waals surface area (Å²) in [6.45, 7) is 0. The predicted molar refractivity (Wildman–Crippen MR) is 89.0 cm³/mol. The van der Waals surface area contributed by atoms with E-state index in [1.165, 1.54) is 6.20 Å². The second-order valence-corrected chi connectivity index (χ2v) is 5.02. The molecular formula is C16H11ClN6. The molecule has 0 aliphatic heterocycles. The Morgan fingerprint density at radius 3 is 2.57 bits per heavy atom. The van der Waals surface area contributed by atoms with Gasteiger partial charge >= 0.3 is 0 Å². The molecule has 3 rings (SSSR count). The molecule has 6 nitrogen and oxygen atoms in total. The van der Waals surface area contributed by atoms with Gasteiger partial charge in [-0.1, -0.05) is 23.7 Å². The van der Waals surface area contributed by atoms with E-state index in [2.05, 4.69) is 31.9 Å². The molecule has 1 aromatic heterocycles. The number of hydrogen-bond donors (Lipinski definition) is 2. The van der Waals surface area contributed by atoms with Crippen LogP contribution >= 0.6 is 11.6 Å².